The number of hydrogen-bond acceptors (Lipinski definition) is 1. The maximum atomic E-state index is 13.9. The van der Waals surface area contributed by atoms with Crippen molar-refractivity contribution in [1.29, 1.82) is 0 Å². The first-order valence-electron chi connectivity index (χ1n) is 5.56. The average Bonchev–Trinajstić information content (AvgIpc) is 2.36. The van der Waals surface area contributed by atoms with Crippen molar-refractivity contribution >= 4 is 27.5 Å². The van der Waals surface area contributed by atoms with Crippen LogP contribution in [0.1, 0.15) is 22.7 Å². The van der Waals surface area contributed by atoms with E-state index in [4.69, 9.17) is 17.3 Å². The molecule has 2 N–H and O–H groups in total. The van der Waals surface area contributed by atoms with Gasteiger partial charge in [-0.3, -0.25) is 0 Å². The first-order valence-corrected chi connectivity index (χ1v) is 6.73. The van der Waals surface area contributed by atoms with Crippen molar-refractivity contribution in [3.8, 4) is 0 Å². The predicted molar refractivity (Wildman–Crippen MR) is 76.3 cm³/mol. The Labute approximate surface area is 123 Å². The molecular weight excluding hydrogens is 336 g/mol. The summed E-state index contributed by atoms with van der Waals surface area (Å²) >= 11 is 9.23. The molecule has 2 rings (SSSR count). The molecule has 0 aromatic heterocycles. The fraction of sp³-hybridized carbons (Fsp3) is 0.143. The van der Waals surface area contributed by atoms with Crippen molar-refractivity contribution in [2.24, 2.45) is 5.73 Å². The summed E-state index contributed by atoms with van der Waals surface area (Å²) in [5.41, 5.74) is 6.97. The van der Waals surface area contributed by atoms with Crippen LogP contribution >= 0.6 is 27.5 Å². The topological polar surface area (TPSA) is 26.0 Å². The second-order valence-corrected chi connectivity index (χ2v) is 5.56. The Bertz CT molecular complexity index is 631. The lowest BCUT2D eigenvalue weighted by molar-refractivity contribution is 0.570. The van der Waals surface area contributed by atoms with Gasteiger partial charge in [0.25, 0.3) is 0 Å². The van der Waals surface area contributed by atoms with Gasteiger partial charge in [0, 0.05) is 15.1 Å². The van der Waals surface area contributed by atoms with Crippen molar-refractivity contribution in [1.82, 2.24) is 0 Å². The third-order valence-corrected chi connectivity index (χ3v) is 3.86. The van der Waals surface area contributed by atoms with Crippen LogP contribution in [0.3, 0.4) is 0 Å². The number of nitrogens with two attached hydrogens (primary N) is 1. The van der Waals surface area contributed by atoms with Crippen molar-refractivity contribution < 1.29 is 8.78 Å². The molecule has 100 valence electrons. The van der Waals surface area contributed by atoms with E-state index in [1.165, 1.54) is 6.92 Å². The van der Waals surface area contributed by atoms with Crippen LogP contribution in [0.5, 0.6) is 0 Å². The van der Waals surface area contributed by atoms with Crippen LogP contribution < -0.4 is 5.73 Å². The van der Waals surface area contributed by atoms with E-state index < -0.39 is 17.7 Å². The smallest absolute Gasteiger partial charge is 0.128 e. The molecule has 0 saturated heterocycles. The zero-order valence-electron chi connectivity index (χ0n) is 10.1. The highest BCUT2D eigenvalue weighted by atomic mass is 79.9. The fourth-order valence-electron chi connectivity index (χ4n) is 1.82. The molecule has 0 radical (unpaired) electrons. The minimum absolute atomic E-state index is 0.103. The Hall–Kier alpha value is -0.970. The van der Waals surface area contributed by atoms with Gasteiger partial charge in [0.15, 0.2) is 0 Å². The molecule has 5 heteroatoms. The summed E-state index contributed by atoms with van der Waals surface area (Å²) in [6.07, 6.45) is 0. The molecule has 0 amide bonds. The van der Waals surface area contributed by atoms with E-state index in [9.17, 15) is 8.78 Å². The summed E-state index contributed by atoms with van der Waals surface area (Å²) in [4.78, 5) is 0. The van der Waals surface area contributed by atoms with Crippen molar-refractivity contribution in [2.75, 3.05) is 0 Å². The zero-order valence-corrected chi connectivity index (χ0v) is 12.4. The Kier molecular flexibility index (Phi) is 4.23. The Morgan fingerprint density at radius 2 is 1.79 bits per heavy atom. The molecule has 0 aliphatic rings. The van der Waals surface area contributed by atoms with Crippen LogP contribution in [0.25, 0.3) is 0 Å². The average molecular weight is 347 g/mol. The molecule has 2 aromatic rings. The third-order valence-electron chi connectivity index (χ3n) is 2.91. The van der Waals surface area contributed by atoms with E-state index in [2.05, 4.69) is 15.9 Å². The van der Waals surface area contributed by atoms with Crippen LogP contribution in [-0.2, 0) is 0 Å². The lowest BCUT2D eigenvalue weighted by Crippen LogP contribution is -2.15. The number of hydrogen-bond donors (Lipinski definition) is 1. The standard InChI is InChI=1S/C14H11BrClF2N/c1-7-4-13(18)10(6-12(7)17)14(19)9-5-8(16)2-3-11(9)15/h2-6,14H,19H2,1H3. The van der Waals surface area contributed by atoms with E-state index in [0.717, 1.165) is 12.1 Å². The molecule has 0 fully saturated rings. The molecule has 0 aliphatic carbocycles. The molecule has 0 aliphatic heterocycles. The van der Waals surface area contributed by atoms with E-state index in [1.807, 2.05) is 0 Å². The van der Waals surface area contributed by atoms with Gasteiger partial charge in [0.2, 0.25) is 0 Å². The first kappa shape index (κ1) is 14.4. The fourth-order valence-corrected chi connectivity index (χ4v) is 2.49. The quantitative estimate of drug-likeness (QED) is 0.835. The van der Waals surface area contributed by atoms with E-state index >= 15 is 0 Å². The van der Waals surface area contributed by atoms with E-state index in [1.54, 1.807) is 18.2 Å². The number of halogens is 4. The maximum Gasteiger partial charge on any atom is 0.128 e. The lowest BCUT2D eigenvalue weighted by Gasteiger charge is -2.16. The van der Waals surface area contributed by atoms with Gasteiger partial charge in [-0.15, -0.1) is 0 Å². The molecule has 0 bridgehead atoms. The van der Waals surface area contributed by atoms with Gasteiger partial charge in [0.1, 0.15) is 11.6 Å². The van der Waals surface area contributed by atoms with Crippen molar-refractivity contribution in [3.63, 3.8) is 0 Å². The molecule has 19 heavy (non-hydrogen) atoms. The van der Waals surface area contributed by atoms with Crippen LogP contribution in [0.15, 0.2) is 34.8 Å². The summed E-state index contributed by atoms with van der Waals surface area (Å²) in [6.45, 7) is 1.50. The summed E-state index contributed by atoms with van der Waals surface area (Å²) in [5.74, 6) is -1.01. The molecule has 2 aromatic carbocycles. The zero-order chi connectivity index (χ0) is 14.2. The number of aryl methyl sites for hydroxylation is 1. The SMILES string of the molecule is Cc1cc(F)c(C(N)c2cc(Cl)ccc2Br)cc1F. The molecule has 0 saturated carbocycles. The van der Waals surface area contributed by atoms with Gasteiger partial charge < -0.3 is 5.73 Å². The van der Waals surface area contributed by atoms with Crippen LogP contribution in [0, 0.1) is 18.6 Å². The van der Waals surface area contributed by atoms with E-state index in [0.29, 0.717) is 15.1 Å². The van der Waals surface area contributed by atoms with Gasteiger partial charge >= 0.3 is 0 Å². The number of benzene rings is 2. The normalized spacial score (nSPS) is 12.5. The van der Waals surface area contributed by atoms with Crippen LogP contribution in [0.4, 0.5) is 8.78 Å². The Morgan fingerprint density at radius 3 is 2.47 bits per heavy atom. The summed E-state index contributed by atoms with van der Waals surface area (Å²) < 4.78 is 28.2. The predicted octanol–water partition coefficient (Wildman–Crippen LogP) is 4.74. The molecule has 1 nitrogen and oxygen atoms in total. The van der Waals surface area contributed by atoms with Gasteiger partial charge in [-0.05, 0) is 48.4 Å². The van der Waals surface area contributed by atoms with Gasteiger partial charge in [-0.1, -0.05) is 27.5 Å². The first-order chi connectivity index (χ1) is 8.90. The van der Waals surface area contributed by atoms with Gasteiger partial charge in [-0.25, -0.2) is 8.78 Å². The van der Waals surface area contributed by atoms with Crippen LogP contribution in [0.2, 0.25) is 5.02 Å². The Morgan fingerprint density at radius 1 is 1.11 bits per heavy atom. The summed E-state index contributed by atoms with van der Waals surface area (Å²) in [7, 11) is 0. The highest BCUT2D eigenvalue weighted by molar-refractivity contribution is 9.10. The lowest BCUT2D eigenvalue weighted by atomic mass is 9.98. The minimum Gasteiger partial charge on any atom is -0.320 e. The molecule has 1 atom stereocenters. The number of rotatable bonds is 2. The molecule has 1 unspecified atom stereocenters. The van der Waals surface area contributed by atoms with E-state index in [-0.39, 0.29) is 11.1 Å². The van der Waals surface area contributed by atoms with Gasteiger partial charge in [0.05, 0.1) is 6.04 Å². The third kappa shape index (κ3) is 2.96. The van der Waals surface area contributed by atoms with Crippen molar-refractivity contribution in [3.05, 3.63) is 68.2 Å². The summed E-state index contributed by atoms with van der Waals surface area (Å²) in [5, 5.41) is 0.488. The Balaban J connectivity index is 2.52. The van der Waals surface area contributed by atoms with Crippen molar-refractivity contribution in [2.45, 2.75) is 13.0 Å². The summed E-state index contributed by atoms with van der Waals surface area (Å²) in [6, 6.07) is 6.52. The highest BCUT2D eigenvalue weighted by Crippen LogP contribution is 2.31. The monoisotopic (exact) mass is 345 g/mol. The van der Waals surface area contributed by atoms with Gasteiger partial charge in [-0.2, -0.15) is 0 Å². The minimum atomic E-state index is -0.789. The largest absolute Gasteiger partial charge is 0.320 e. The highest BCUT2D eigenvalue weighted by Gasteiger charge is 2.18. The second-order valence-electron chi connectivity index (χ2n) is 4.27. The maximum absolute atomic E-state index is 13.9. The second kappa shape index (κ2) is 5.57. The molecule has 0 heterocycles. The van der Waals surface area contributed by atoms with Crippen LogP contribution in [-0.4, -0.2) is 0 Å². The molecule has 0 spiro atoms. The molecular formula is C14H11BrClF2N.